The Labute approximate surface area is 114 Å². The number of nitrogens with two attached hydrogens (primary N) is 1. The van der Waals surface area contributed by atoms with E-state index in [1.54, 1.807) is 29.7 Å². The highest BCUT2D eigenvalue weighted by Crippen LogP contribution is 2.33. The van der Waals surface area contributed by atoms with Gasteiger partial charge >= 0.3 is 0 Å². The highest BCUT2D eigenvalue weighted by atomic mass is 32.2. The highest BCUT2D eigenvalue weighted by molar-refractivity contribution is 8.01. The Morgan fingerprint density at radius 3 is 3.00 bits per heavy atom. The van der Waals surface area contributed by atoms with Crippen molar-refractivity contribution in [3.63, 3.8) is 0 Å². The Morgan fingerprint density at radius 1 is 1.56 bits per heavy atom. The summed E-state index contributed by atoms with van der Waals surface area (Å²) >= 11 is 3.07. The number of carbonyl (C=O) groups excluding carboxylic acids is 1. The zero-order valence-electron chi connectivity index (χ0n) is 9.84. The molecule has 1 heterocycles. The van der Waals surface area contributed by atoms with Crippen LogP contribution in [0.2, 0.25) is 0 Å². The fourth-order valence-corrected chi connectivity index (χ4v) is 3.00. The fraction of sp³-hybridized carbons (Fsp3) is 0.167. The molecule has 3 N–H and O–H groups in total. The van der Waals surface area contributed by atoms with Gasteiger partial charge in [-0.15, -0.1) is 11.3 Å². The zero-order valence-corrected chi connectivity index (χ0v) is 11.5. The molecule has 1 aromatic heterocycles. The molecule has 0 atom stereocenters. The summed E-state index contributed by atoms with van der Waals surface area (Å²) in [6.07, 6.45) is 1.76. The summed E-state index contributed by atoms with van der Waals surface area (Å²) in [7, 11) is 0. The predicted octanol–water partition coefficient (Wildman–Crippen LogP) is 2.63. The summed E-state index contributed by atoms with van der Waals surface area (Å²) in [5.41, 5.74) is 7.13. The van der Waals surface area contributed by atoms with Gasteiger partial charge in [0.1, 0.15) is 0 Å². The Balaban J connectivity index is 2.17. The Morgan fingerprint density at radius 2 is 2.39 bits per heavy atom. The molecule has 2 aromatic rings. The van der Waals surface area contributed by atoms with Crippen molar-refractivity contribution in [3.05, 3.63) is 35.3 Å². The Hall–Kier alpha value is -1.53. The number of aromatic nitrogens is 1. The lowest BCUT2D eigenvalue weighted by Gasteiger charge is -2.06. The van der Waals surface area contributed by atoms with Gasteiger partial charge in [-0.2, -0.15) is 0 Å². The Kier molecular flexibility index (Phi) is 4.22. The smallest absolute Gasteiger partial charge is 0.251 e. The first kappa shape index (κ1) is 12.9. The molecular formula is C12H13N3OS2. The second-order valence-corrected chi connectivity index (χ2v) is 5.70. The lowest BCUT2D eigenvalue weighted by Crippen LogP contribution is -2.22. The largest absolute Gasteiger partial charge is 0.398 e. The van der Waals surface area contributed by atoms with Crippen molar-refractivity contribution in [1.29, 1.82) is 0 Å². The number of rotatable bonds is 4. The van der Waals surface area contributed by atoms with E-state index in [9.17, 15) is 4.79 Å². The van der Waals surface area contributed by atoms with Crippen LogP contribution in [0.3, 0.4) is 0 Å². The van der Waals surface area contributed by atoms with Crippen LogP contribution in [0, 0.1) is 0 Å². The third-order valence-electron chi connectivity index (χ3n) is 2.22. The average Bonchev–Trinajstić information content (AvgIpc) is 2.85. The van der Waals surface area contributed by atoms with E-state index < -0.39 is 0 Å². The molecule has 0 radical (unpaired) electrons. The third-order valence-corrected chi connectivity index (χ3v) is 4.19. The van der Waals surface area contributed by atoms with Crippen LogP contribution < -0.4 is 11.1 Å². The number of nitrogens with one attached hydrogen (secondary N) is 1. The van der Waals surface area contributed by atoms with E-state index in [-0.39, 0.29) is 5.91 Å². The van der Waals surface area contributed by atoms with Crippen molar-refractivity contribution >= 4 is 34.7 Å². The molecule has 0 aliphatic carbocycles. The number of anilines is 1. The predicted molar refractivity (Wildman–Crippen MR) is 75.1 cm³/mol. The van der Waals surface area contributed by atoms with E-state index in [0.717, 1.165) is 9.24 Å². The Bertz CT molecular complexity index is 540. The van der Waals surface area contributed by atoms with E-state index >= 15 is 0 Å². The first-order chi connectivity index (χ1) is 8.70. The van der Waals surface area contributed by atoms with Crippen molar-refractivity contribution in [2.24, 2.45) is 0 Å². The van der Waals surface area contributed by atoms with E-state index in [4.69, 9.17) is 5.73 Å². The fourth-order valence-electron chi connectivity index (χ4n) is 1.40. The number of thiazole rings is 1. The van der Waals surface area contributed by atoms with Crippen LogP contribution in [0.25, 0.3) is 0 Å². The molecule has 4 nitrogen and oxygen atoms in total. The van der Waals surface area contributed by atoms with Gasteiger partial charge in [-0.05, 0) is 25.1 Å². The number of carbonyl (C=O) groups is 1. The van der Waals surface area contributed by atoms with Gasteiger partial charge in [-0.1, -0.05) is 11.8 Å². The minimum atomic E-state index is -0.102. The molecule has 1 amide bonds. The summed E-state index contributed by atoms with van der Waals surface area (Å²) in [5, 5.41) is 4.66. The van der Waals surface area contributed by atoms with Gasteiger partial charge in [-0.25, -0.2) is 4.98 Å². The molecule has 0 fully saturated rings. The van der Waals surface area contributed by atoms with Crippen LogP contribution in [0.5, 0.6) is 0 Å². The summed E-state index contributed by atoms with van der Waals surface area (Å²) in [6, 6.07) is 5.32. The van der Waals surface area contributed by atoms with Gasteiger partial charge in [0.2, 0.25) is 0 Å². The van der Waals surface area contributed by atoms with E-state index in [1.807, 2.05) is 18.4 Å². The number of nitrogens with zero attached hydrogens (tertiary/aromatic N) is 1. The normalized spacial score (nSPS) is 10.3. The van der Waals surface area contributed by atoms with E-state index in [2.05, 4.69) is 10.3 Å². The lowest BCUT2D eigenvalue weighted by atomic mass is 10.2. The van der Waals surface area contributed by atoms with Crippen LogP contribution in [0.4, 0.5) is 5.69 Å². The second kappa shape index (κ2) is 5.88. The summed E-state index contributed by atoms with van der Waals surface area (Å²) in [4.78, 5) is 16.7. The standard InChI is InChI=1S/C12H13N3OS2/c1-2-14-11(16)8-3-4-10(9(13)7-8)18-12-15-5-6-17-12/h3-7H,2,13H2,1H3,(H,14,16). The molecule has 0 bridgehead atoms. The minimum absolute atomic E-state index is 0.102. The maximum absolute atomic E-state index is 11.6. The molecule has 0 saturated heterocycles. The van der Waals surface area contributed by atoms with Crippen molar-refractivity contribution in [3.8, 4) is 0 Å². The molecule has 6 heteroatoms. The summed E-state index contributed by atoms with van der Waals surface area (Å²) in [5.74, 6) is -0.102. The topological polar surface area (TPSA) is 68.0 Å². The highest BCUT2D eigenvalue weighted by Gasteiger charge is 2.09. The molecule has 2 rings (SSSR count). The zero-order chi connectivity index (χ0) is 13.0. The quantitative estimate of drug-likeness (QED) is 0.844. The van der Waals surface area contributed by atoms with Crippen molar-refractivity contribution in [2.45, 2.75) is 16.2 Å². The molecule has 0 aliphatic rings. The third kappa shape index (κ3) is 3.02. The molecule has 0 spiro atoms. The van der Waals surface area contributed by atoms with Crippen LogP contribution in [0.1, 0.15) is 17.3 Å². The lowest BCUT2D eigenvalue weighted by molar-refractivity contribution is 0.0956. The number of hydrogen-bond donors (Lipinski definition) is 2. The molecule has 1 aromatic carbocycles. The van der Waals surface area contributed by atoms with E-state index in [1.165, 1.54) is 11.8 Å². The maximum Gasteiger partial charge on any atom is 0.251 e. The number of amides is 1. The minimum Gasteiger partial charge on any atom is -0.398 e. The summed E-state index contributed by atoms with van der Waals surface area (Å²) in [6.45, 7) is 2.49. The van der Waals surface area contributed by atoms with Crippen molar-refractivity contribution in [2.75, 3.05) is 12.3 Å². The van der Waals surface area contributed by atoms with Crippen LogP contribution in [-0.2, 0) is 0 Å². The van der Waals surface area contributed by atoms with E-state index in [0.29, 0.717) is 17.8 Å². The molecule has 0 saturated carbocycles. The molecule has 0 unspecified atom stereocenters. The maximum atomic E-state index is 11.6. The first-order valence-corrected chi connectivity index (χ1v) is 7.15. The first-order valence-electron chi connectivity index (χ1n) is 5.45. The van der Waals surface area contributed by atoms with Gasteiger partial charge in [0.05, 0.1) is 0 Å². The monoisotopic (exact) mass is 279 g/mol. The van der Waals surface area contributed by atoms with Gasteiger partial charge in [0, 0.05) is 34.3 Å². The van der Waals surface area contributed by atoms with Gasteiger partial charge < -0.3 is 11.1 Å². The molecule has 94 valence electrons. The number of hydrogen-bond acceptors (Lipinski definition) is 5. The molecular weight excluding hydrogens is 266 g/mol. The van der Waals surface area contributed by atoms with Gasteiger partial charge in [-0.3, -0.25) is 4.79 Å². The van der Waals surface area contributed by atoms with Crippen LogP contribution >= 0.6 is 23.1 Å². The summed E-state index contributed by atoms with van der Waals surface area (Å²) < 4.78 is 0.937. The number of nitrogen functional groups attached to an aromatic ring is 1. The second-order valence-electron chi connectivity index (χ2n) is 3.51. The molecule has 18 heavy (non-hydrogen) atoms. The van der Waals surface area contributed by atoms with Crippen LogP contribution in [-0.4, -0.2) is 17.4 Å². The van der Waals surface area contributed by atoms with Crippen molar-refractivity contribution < 1.29 is 4.79 Å². The average molecular weight is 279 g/mol. The van der Waals surface area contributed by atoms with Crippen LogP contribution in [0.15, 0.2) is 39.0 Å². The SMILES string of the molecule is CCNC(=O)c1ccc(Sc2nccs2)c(N)c1. The van der Waals surface area contributed by atoms with Gasteiger partial charge in [0.25, 0.3) is 5.91 Å². The van der Waals surface area contributed by atoms with Gasteiger partial charge in [0.15, 0.2) is 4.34 Å². The molecule has 0 aliphatic heterocycles. The number of benzene rings is 1. The van der Waals surface area contributed by atoms with Crippen molar-refractivity contribution in [1.82, 2.24) is 10.3 Å².